The van der Waals surface area contributed by atoms with Crippen molar-refractivity contribution in [1.82, 2.24) is 15.2 Å². The number of hydrogen-bond donors (Lipinski definition) is 1. The number of nitrogens with zero attached hydrogens (tertiary/aromatic N) is 2. The predicted molar refractivity (Wildman–Crippen MR) is 68.5 cm³/mol. The predicted octanol–water partition coefficient (Wildman–Crippen LogP) is 1.69. The third kappa shape index (κ3) is 4.73. The molecule has 0 amide bonds. The Morgan fingerprint density at radius 2 is 2.19 bits per heavy atom. The molecule has 0 unspecified atom stereocenters. The summed E-state index contributed by atoms with van der Waals surface area (Å²) in [6.07, 6.45) is 4.11. The number of nitrogens with one attached hydrogen (secondary N) is 1. The summed E-state index contributed by atoms with van der Waals surface area (Å²) < 4.78 is 0. The van der Waals surface area contributed by atoms with Crippen molar-refractivity contribution in [2.24, 2.45) is 0 Å². The Labute approximate surface area is 98.9 Å². The Balaban J connectivity index is 2.26. The zero-order valence-corrected chi connectivity index (χ0v) is 10.7. The van der Waals surface area contributed by atoms with Gasteiger partial charge in [-0.1, -0.05) is 13.0 Å². The molecular weight excluding hydrogens is 198 g/mol. The molecule has 0 atom stereocenters. The minimum atomic E-state index is 0.886. The lowest BCUT2D eigenvalue weighted by Gasteiger charge is -2.10. The van der Waals surface area contributed by atoms with E-state index in [0.717, 1.165) is 26.1 Å². The van der Waals surface area contributed by atoms with E-state index in [9.17, 15) is 0 Å². The molecule has 3 nitrogen and oxygen atoms in total. The molecule has 0 bridgehead atoms. The van der Waals surface area contributed by atoms with Gasteiger partial charge < -0.3 is 10.2 Å². The van der Waals surface area contributed by atoms with Crippen LogP contribution in [0.2, 0.25) is 0 Å². The van der Waals surface area contributed by atoms with Gasteiger partial charge in [-0.2, -0.15) is 0 Å². The maximum atomic E-state index is 4.41. The van der Waals surface area contributed by atoms with Crippen LogP contribution < -0.4 is 5.32 Å². The highest BCUT2D eigenvalue weighted by Crippen LogP contribution is 2.05. The van der Waals surface area contributed by atoms with Crippen LogP contribution in [0.4, 0.5) is 0 Å². The number of aromatic nitrogens is 1. The highest BCUT2D eigenvalue weighted by molar-refractivity contribution is 5.19. The molecule has 0 saturated heterocycles. The molecule has 0 aromatic carbocycles. The first-order valence-electron chi connectivity index (χ1n) is 6.02. The fourth-order valence-corrected chi connectivity index (χ4v) is 1.68. The Morgan fingerprint density at radius 3 is 2.88 bits per heavy atom. The average molecular weight is 221 g/mol. The third-order valence-corrected chi connectivity index (χ3v) is 2.62. The number of aryl methyl sites for hydroxylation is 1. The Bertz CT molecular complexity index is 297. The molecule has 0 aliphatic rings. The van der Waals surface area contributed by atoms with Gasteiger partial charge in [0.25, 0.3) is 0 Å². The Hall–Kier alpha value is -0.930. The molecule has 1 rings (SSSR count). The van der Waals surface area contributed by atoms with Gasteiger partial charge in [-0.3, -0.25) is 4.98 Å². The highest BCUT2D eigenvalue weighted by Gasteiger charge is 2.00. The molecule has 3 heteroatoms. The lowest BCUT2D eigenvalue weighted by molar-refractivity contribution is 0.394. The standard InChI is InChI=1S/C13H23N3/c1-4-12-7-5-9-15-13(12)11-14-8-6-10-16(2)3/h5,7,9,14H,4,6,8,10-11H2,1-3H3. The summed E-state index contributed by atoms with van der Waals surface area (Å²) in [5.41, 5.74) is 2.54. The van der Waals surface area contributed by atoms with E-state index in [1.807, 2.05) is 12.3 Å². The molecule has 1 heterocycles. The summed E-state index contributed by atoms with van der Waals surface area (Å²) in [5, 5.41) is 3.44. The highest BCUT2D eigenvalue weighted by atomic mass is 15.1. The maximum Gasteiger partial charge on any atom is 0.0573 e. The summed E-state index contributed by atoms with van der Waals surface area (Å²) in [7, 11) is 4.21. The fraction of sp³-hybridized carbons (Fsp3) is 0.615. The van der Waals surface area contributed by atoms with Crippen molar-refractivity contribution in [2.45, 2.75) is 26.3 Å². The van der Waals surface area contributed by atoms with Crippen LogP contribution in [0.1, 0.15) is 24.6 Å². The Morgan fingerprint density at radius 1 is 1.38 bits per heavy atom. The molecule has 0 aliphatic carbocycles. The van der Waals surface area contributed by atoms with Crippen molar-refractivity contribution >= 4 is 0 Å². The lowest BCUT2D eigenvalue weighted by Crippen LogP contribution is -2.21. The zero-order chi connectivity index (χ0) is 11.8. The minimum Gasteiger partial charge on any atom is -0.311 e. The molecule has 0 fully saturated rings. The van der Waals surface area contributed by atoms with Gasteiger partial charge in [0.15, 0.2) is 0 Å². The smallest absolute Gasteiger partial charge is 0.0573 e. The normalized spacial score (nSPS) is 11.0. The van der Waals surface area contributed by atoms with Crippen LogP contribution in [0.3, 0.4) is 0 Å². The summed E-state index contributed by atoms with van der Waals surface area (Å²) in [5.74, 6) is 0. The second kappa shape index (κ2) is 7.36. The monoisotopic (exact) mass is 221 g/mol. The first-order valence-corrected chi connectivity index (χ1v) is 6.02. The van der Waals surface area contributed by atoms with Crippen LogP contribution in [-0.2, 0) is 13.0 Å². The molecule has 0 radical (unpaired) electrons. The van der Waals surface area contributed by atoms with Crippen molar-refractivity contribution in [3.8, 4) is 0 Å². The van der Waals surface area contributed by atoms with Gasteiger partial charge in [-0.15, -0.1) is 0 Å². The molecular formula is C13H23N3. The summed E-state index contributed by atoms with van der Waals surface area (Å²) in [6, 6.07) is 4.16. The van der Waals surface area contributed by atoms with Crippen LogP contribution in [-0.4, -0.2) is 37.1 Å². The van der Waals surface area contributed by atoms with E-state index in [-0.39, 0.29) is 0 Å². The Kier molecular flexibility index (Phi) is 6.04. The summed E-state index contributed by atoms with van der Waals surface area (Å²) >= 11 is 0. The molecule has 1 aromatic heterocycles. The second-order valence-corrected chi connectivity index (χ2v) is 4.30. The first-order chi connectivity index (χ1) is 7.74. The number of pyridine rings is 1. The van der Waals surface area contributed by atoms with Crippen molar-refractivity contribution in [3.63, 3.8) is 0 Å². The molecule has 0 spiro atoms. The summed E-state index contributed by atoms with van der Waals surface area (Å²) in [6.45, 7) is 5.25. The van der Waals surface area contributed by atoms with Gasteiger partial charge in [0.05, 0.1) is 5.69 Å². The fourth-order valence-electron chi connectivity index (χ4n) is 1.68. The van der Waals surface area contributed by atoms with Crippen LogP contribution in [0.5, 0.6) is 0 Å². The molecule has 16 heavy (non-hydrogen) atoms. The SMILES string of the molecule is CCc1cccnc1CNCCCN(C)C. The van der Waals surface area contributed by atoms with E-state index >= 15 is 0 Å². The van der Waals surface area contributed by atoms with Gasteiger partial charge >= 0.3 is 0 Å². The average Bonchev–Trinajstić information content (AvgIpc) is 2.29. The third-order valence-electron chi connectivity index (χ3n) is 2.62. The topological polar surface area (TPSA) is 28.2 Å². The lowest BCUT2D eigenvalue weighted by atomic mass is 10.1. The largest absolute Gasteiger partial charge is 0.311 e. The number of rotatable bonds is 7. The van der Waals surface area contributed by atoms with E-state index in [1.54, 1.807) is 0 Å². The minimum absolute atomic E-state index is 0.886. The van der Waals surface area contributed by atoms with E-state index in [4.69, 9.17) is 0 Å². The molecule has 90 valence electrons. The van der Waals surface area contributed by atoms with Crippen molar-refractivity contribution in [3.05, 3.63) is 29.6 Å². The van der Waals surface area contributed by atoms with Gasteiger partial charge in [0.2, 0.25) is 0 Å². The van der Waals surface area contributed by atoms with Crippen LogP contribution in [0, 0.1) is 0 Å². The van der Waals surface area contributed by atoms with Crippen molar-refractivity contribution in [1.29, 1.82) is 0 Å². The quantitative estimate of drug-likeness (QED) is 0.710. The van der Waals surface area contributed by atoms with Gasteiger partial charge in [-0.25, -0.2) is 0 Å². The molecule has 0 saturated carbocycles. The van der Waals surface area contributed by atoms with Crippen LogP contribution >= 0.6 is 0 Å². The molecule has 1 aromatic rings. The van der Waals surface area contributed by atoms with E-state index in [0.29, 0.717) is 0 Å². The first kappa shape index (κ1) is 13.1. The van der Waals surface area contributed by atoms with Crippen LogP contribution in [0.25, 0.3) is 0 Å². The van der Waals surface area contributed by atoms with Gasteiger partial charge in [0.1, 0.15) is 0 Å². The second-order valence-electron chi connectivity index (χ2n) is 4.30. The summed E-state index contributed by atoms with van der Waals surface area (Å²) in [4.78, 5) is 6.62. The van der Waals surface area contributed by atoms with Crippen molar-refractivity contribution < 1.29 is 0 Å². The van der Waals surface area contributed by atoms with Crippen molar-refractivity contribution in [2.75, 3.05) is 27.2 Å². The van der Waals surface area contributed by atoms with E-state index < -0.39 is 0 Å². The molecule has 1 N–H and O–H groups in total. The van der Waals surface area contributed by atoms with Gasteiger partial charge in [-0.05, 0) is 51.7 Å². The molecule has 0 aliphatic heterocycles. The van der Waals surface area contributed by atoms with Crippen LogP contribution in [0.15, 0.2) is 18.3 Å². The van der Waals surface area contributed by atoms with Gasteiger partial charge in [0, 0.05) is 12.7 Å². The number of hydrogen-bond acceptors (Lipinski definition) is 3. The maximum absolute atomic E-state index is 4.41. The zero-order valence-electron chi connectivity index (χ0n) is 10.7. The van der Waals surface area contributed by atoms with E-state index in [1.165, 1.54) is 17.7 Å². The van der Waals surface area contributed by atoms with E-state index in [2.05, 4.69) is 42.3 Å².